The van der Waals surface area contributed by atoms with Gasteiger partial charge in [-0.3, -0.25) is 4.79 Å². The van der Waals surface area contributed by atoms with Crippen LogP contribution in [-0.4, -0.2) is 25.2 Å². The summed E-state index contributed by atoms with van der Waals surface area (Å²) in [6.07, 6.45) is 4.35. The third kappa shape index (κ3) is 3.27. The third-order valence-electron chi connectivity index (χ3n) is 4.51. The molecule has 1 heterocycles. The maximum atomic E-state index is 12.4. The molecule has 2 rings (SSSR count). The van der Waals surface area contributed by atoms with Gasteiger partial charge in [0.1, 0.15) is 5.41 Å². The molecule has 4 nitrogen and oxygen atoms in total. The zero-order valence-corrected chi connectivity index (χ0v) is 11.9. The van der Waals surface area contributed by atoms with Crippen LogP contribution < -0.4 is 5.32 Å². The van der Waals surface area contributed by atoms with Crippen LogP contribution in [0.1, 0.15) is 46.0 Å². The van der Waals surface area contributed by atoms with Crippen LogP contribution in [-0.2, 0) is 9.53 Å². The molecule has 0 aromatic rings. The molecule has 0 aromatic heterocycles. The first-order valence-corrected chi connectivity index (χ1v) is 7.36. The largest absolute Gasteiger partial charge is 0.381 e. The van der Waals surface area contributed by atoms with Gasteiger partial charge in [0.2, 0.25) is 5.91 Å². The average molecular weight is 264 g/mol. The molecule has 19 heavy (non-hydrogen) atoms. The van der Waals surface area contributed by atoms with Gasteiger partial charge in [0, 0.05) is 19.3 Å². The minimum absolute atomic E-state index is 0.0791. The minimum atomic E-state index is -0.859. The molecule has 2 unspecified atom stereocenters. The van der Waals surface area contributed by atoms with Crippen LogP contribution in [0, 0.1) is 28.6 Å². The van der Waals surface area contributed by atoms with Crippen LogP contribution in [0.4, 0.5) is 0 Å². The molecule has 1 aliphatic heterocycles. The summed E-state index contributed by atoms with van der Waals surface area (Å²) < 4.78 is 5.27. The summed E-state index contributed by atoms with van der Waals surface area (Å²) in [5.41, 5.74) is -0.859. The monoisotopic (exact) mass is 264 g/mol. The number of nitrogens with zero attached hydrogens (tertiary/aromatic N) is 1. The van der Waals surface area contributed by atoms with Crippen LogP contribution in [0.3, 0.4) is 0 Å². The van der Waals surface area contributed by atoms with Gasteiger partial charge in [0.25, 0.3) is 0 Å². The Kier molecular flexibility index (Phi) is 4.46. The van der Waals surface area contributed by atoms with Gasteiger partial charge in [-0.15, -0.1) is 0 Å². The van der Waals surface area contributed by atoms with Gasteiger partial charge < -0.3 is 10.1 Å². The lowest BCUT2D eigenvalue weighted by Crippen LogP contribution is -2.49. The molecule has 0 radical (unpaired) electrons. The quantitative estimate of drug-likeness (QED) is 0.832. The second kappa shape index (κ2) is 5.92. The van der Waals surface area contributed by atoms with Crippen LogP contribution in [0.5, 0.6) is 0 Å². The minimum Gasteiger partial charge on any atom is -0.381 e. The first kappa shape index (κ1) is 14.3. The smallest absolute Gasteiger partial charge is 0.240 e. The predicted octanol–water partition coefficient (Wildman–Crippen LogP) is 2.25. The molecule has 106 valence electrons. The summed E-state index contributed by atoms with van der Waals surface area (Å²) in [7, 11) is 0. The van der Waals surface area contributed by atoms with E-state index in [1.54, 1.807) is 0 Å². The van der Waals surface area contributed by atoms with E-state index in [4.69, 9.17) is 4.74 Å². The lowest BCUT2D eigenvalue weighted by atomic mass is 9.78. The van der Waals surface area contributed by atoms with E-state index in [0.29, 0.717) is 37.9 Å². The van der Waals surface area contributed by atoms with Crippen molar-refractivity contribution in [1.29, 1.82) is 5.26 Å². The number of nitriles is 1. The highest BCUT2D eigenvalue weighted by molar-refractivity contribution is 5.85. The zero-order chi connectivity index (χ0) is 13.9. The lowest BCUT2D eigenvalue weighted by molar-refractivity contribution is -0.133. The van der Waals surface area contributed by atoms with Crippen molar-refractivity contribution in [2.75, 3.05) is 13.2 Å². The average Bonchev–Trinajstić information content (AvgIpc) is 2.38. The molecule has 1 saturated carbocycles. The number of ether oxygens (including phenoxy) is 1. The molecule has 1 amide bonds. The molecule has 4 heteroatoms. The molecule has 1 saturated heterocycles. The summed E-state index contributed by atoms with van der Waals surface area (Å²) in [6, 6.07) is 2.47. The van der Waals surface area contributed by atoms with Crippen molar-refractivity contribution in [3.63, 3.8) is 0 Å². The van der Waals surface area contributed by atoms with Crippen LogP contribution >= 0.6 is 0 Å². The Bertz CT molecular complexity index is 359. The summed E-state index contributed by atoms with van der Waals surface area (Å²) >= 11 is 0. The zero-order valence-electron chi connectivity index (χ0n) is 11.9. The van der Waals surface area contributed by atoms with Crippen molar-refractivity contribution in [3.05, 3.63) is 0 Å². The summed E-state index contributed by atoms with van der Waals surface area (Å²) in [4.78, 5) is 12.4. The van der Waals surface area contributed by atoms with E-state index in [9.17, 15) is 10.1 Å². The molecule has 0 aromatic carbocycles. The maximum Gasteiger partial charge on any atom is 0.240 e. The normalized spacial score (nSPS) is 34.3. The topological polar surface area (TPSA) is 62.1 Å². The van der Waals surface area contributed by atoms with E-state index in [-0.39, 0.29) is 11.9 Å². The van der Waals surface area contributed by atoms with E-state index in [1.807, 2.05) is 0 Å². The molecule has 2 fully saturated rings. The van der Waals surface area contributed by atoms with Gasteiger partial charge in [-0.1, -0.05) is 13.8 Å². The van der Waals surface area contributed by atoms with E-state index in [1.165, 1.54) is 6.42 Å². The number of carbonyl (C=O) groups is 1. The van der Waals surface area contributed by atoms with Gasteiger partial charge in [0.15, 0.2) is 0 Å². The molecule has 1 aliphatic carbocycles. The molecular formula is C15H24N2O2. The molecule has 0 spiro atoms. The van der Waals surface area contributed by atoms with Crippen molar-refractivity contribution >= 4 is 5.91 Å². The Morgan fingerprint density at radius 2 is 1.79 bits per heavy atom. The van der Waals surface area contributed by atoms with Gasteiger partial charge in [-0.25, -0.2) is 0 Å². The Hall–Kier alpha value is -1.08. The SMILES string of the molecule is CC1CC(C)CC(NC(=O)C2(C#N)CCOCC2)C1. The van der Waals surface area contributed by atoms with E-state index in [0.717, 1.165) is 12.8 Å². The van der Waals surface area contributed by atoms with Crippen molar-refractivity contribution < 1.29 is 9.53 Å². The standard InChI is InChI=1S/C15H24N2O2/c1-11-7-12(2)9-13(8-11)17-14(18)15(10-16)3-5-19-6-4-15/h11-13H,3-9H2,1-2H3,(H,17,18). The van der Waals surface area contributed by atoms with Crippen molar-refractivity contribution in [1.82, 2.24) is 5.32 Å². The van der Waals surface area contributed by atoms with Gasteiger partial charge >= 0.3 is 0 Å². The molecule has 2 atom stereocenters. The predicted molar refractivity (Wildman–Crippen MR) is 72.2 cm³/mol. The van der Waals surface area contributed by atoms with E-state index < -0.39 is 5.41 Å². The number of carbonyl (C=O) groups excluding carboxylic acids is 1. The highest BCUT2D eigenvalue weighted by atomic mass is 16.5. The van der Waals surface area contributed by atoms with Crippen LogP contribution in [0.2, 0.25) is 0 Å². The van der Waals surface area contributed by atoms with Crippen LogP contribution in [0.25, 0.3) is 0 Å². The number of amides is 1. The molecule has 0 bridgehead atoms. The lowest BCUT2D eigenvalue weighted by Gasteiger charge is -2.35. The fraction of sp³-hybridized carbons (Fsp3) is 0.867. The van der Waals surface area contributed by atoms with Gasteiger partial charge in [-0.05, 0) is 43.9 Å². The maximum absolute atomic E-state index is 12.4. The van der Waals surface area contributed by atoms with Gasteiger partial charge in [-0.2, -0.15) is 5.26 Å². The highest BCUT2D eigenvalue weighted by Gasteiger charge is 2.41. The highest BCUT2D eigenvalue weighted by Crippen LogP contribution is 2.32. The fourth-order valence-electron chi connectivity index (χ4n) is 3.50. The van der Waals surface area contributed by atoms with Crippen LogP contribution in [0.15, 0.2) is 0 Å². The number of rotatable bonds is 2. The molecule has 2 aliphatic rings. The first-order valence-electron chi connectivity index (χ1n) is 7.36. The third-order valence-corrected chi connectivity index (χ3v) is 4.51. The Morgan fingerprint density at radius 3 is 2.32 bits per heavy atom. The summed E-state index contributed by atoms with van der Waals surface area (Å²) in [6.45, 7) is 5.50. The fourth-order valence-corrected chi connectivity index (χ4v) is 3.50. The number of nitrogens with one attached hydrogen (secondary N) is 1. The summed E-state index contributed by atoms with van der Waals surface area (Å²) in [5.74, 6) is 1.23. The number of hydrogen-bond acceptors (Lipinski definition) is 3. The van der Waals surface area contributed by atoms with Crippen molar-refractivity contribution in [2.24, 2.45) is 17.3 Å². The van der Waals surface area contributed by atoms with E-state index in [2.05, 4.69) is 25.2 Å². The van der Waals surface area contributed by atoms with Crippen molar-refractivity contribution in [2.45, 2.75) is 52.0 Å². The Labute approximate surface area is 115 Å². The van der Waals surface area contributed by atoms with E-state index >= 15 is 0 Å². The molecular weight excluding hydrogens is 240 g/mol. The summed E-state index contributed by atoms with van der Waals surface area (Å²) in [5, 5.41) is 12.5. The van der Waals surface area contributed by atoms with Gasteiger partial charge in [0.05, 0.1) is 6.07 Å². The van der Waals surface area contributed by atoms with Crippen molar-refractivity contribution in [3.8, 4) is 6.07 Å². The Balaban J connectivity index is 1.97. The second-order valence-electron chi connectivity index (χ2n) is 6.39. The number of hydrogen-bond donors (Lipinski definition) is 1. The first-order chi connectivity index (χ1) is 9.05. The second-order valence-corrected chi connectivity index (χ2v) is 6.39. The molecule has 1 N–H and O–H groups in total. The Morgan fingerprint density at radius 1 is 1.21 bits per heavy atom.